The Morgan fingerprint density at radius 1 is 0.759 bits per heavy atom. The van der Waals surface area contributed by atoms with Crippen molar-refractivity contribution >= 4 is 23.3 Å². The van der Waals surface area contributed by atoms with Gasteiger partial charge in [0.25, 0.3) is 0 Å². The zero-order valence-electron chi connectivity index (χ0n) is 17.3. The number of rotatable bonds is 4. The van der Waals surface area contributed by atoms with Gasteiger partial charge in [0.1, 0.15) is 0 Å². The van der Waals surface area contributed by atoms with Gasteiger partial charge in [0.2, 0.25) is 5.91 Å². The summed E-state index contributed by atoms with van der Waals surface area (Å²) >= 11 is 0. The number of likely N-dealkylation sites (tertiary alicyclic amines) is 1. The summed E-state index contributed by atoms with van der Waals surface area (Å²) in [6.07, 6.45) is 5.95. The first-order valence-electron chi connectivity index (χ1n) is 11.1. The molecule has 0 radical (unpaired) electrons. The van der Waals surface area contributed by atoms with Crippen LogP contribution in [0.1, 0.15) is 32.1 Å². The van der Waals surface area contributed by atoms with E-state index in [4.69, 9.17) is 0 Å². The summed E-state index contributed by atoms with van der Waals surface area (Å²) in [5.74, 6) is 0.232. The van der Waals surface area contributed by atoms with Crippen LogP contribution in [0, 0.1) is 0 Å². The van der Waals surface area contributed by atoms with Crippen LogP contribution >= 0.6 is 0 Å². The maximum Gasteiger partial charge on any atom is 0.321 e. The number of amides is 3. The quantitative estimate of drug-likeness (QED) is 0.845. The van der Waals surface area contributed by atoms with Crippen LogP contribution in [-0.4, -0.2) is 85.5 Å². The minimum absolute atomic E-state index is 0.0417. The first-order valence-corrected chi connectivity index (χ1v) is 11.1. The smallest absolute Gasteiger partial charge is 0.321 e. The van der Waals surface area contributed by atoms with Crippen molar-refractivity contribution in [2.75, 3.05) is 69.1 Å². The third-order valence-corrected chi connectivity index (χ3v) is 6.32. The van der Waals surface area contributed by atoms with Gasteiger partial charge in [-0.05, 0) is 44.2 Å². The largest absolute Gasteiger partial charge is 0.370 e. The summed E-state index contributed by atoms with van der Waals surface area (Å²) in [4.78, 5) is 33.6. The zero-order chi connectivity index (χ0) is 20.1. The van der Waals surface area contributed by atoms with Crippen LogP contribution in [0.25, 0.3) is 0 Å². The van der Waals surface area contributed by atoms with Gasteiger partial charge in [-0.25, -0.2) is 4.79 Å². The molecular weight excluding hydrogens is 366 g/mol. The predicted octanol–water partition coefficient (Wildman–Crippen LogP) is 2.45. The molecule has 3 aliphatic heterocycles. The van der Waals surface area contributed by atoms with Crippen LogP contribution < -0.4 is 10.2 Å². The van der Waals surface area contributed by atoms with Crippen LogP contribution in [0.2, 0.25) is 0 Å². The highest BCUT2D eigenvalue weighted by atomic mass is 16.2. The maximum atomic E-state index is 12.8. The third-order valence-electron chi connectivity index (χ3n) is 6.32. The van der Waals surface area contributed by atoms with Gasteiger partial charge in [0, 0.05) is 52.4 Å². The molecule has 0 spiro atoms. The number of hydrogen-bond donors (Lipinski definition) is 1. The lowest BCUT2D eigenvalue weighted by molar-refractivity contribution is -0.131. The van der Waals surface area contributed by atoms with E-state index in [0.717, 1.165) is 63.5 Å². The van der Waals surface area contributed by atoms with E-state index in [1.54, 1.807) is 0 Å². The molecule has 1 aromatic carbocycles. The van der Waals surface area contributed by atoms with Gasteiger partial charge in [-0.1, -0.05) is 12.1 Å². The molecule has 0 unspecified atom stereocenters. The summed E-state index contributed by atoms with van der Waals surface area (Å²) in [7, 11) is 0. The lowest BCUT2D eigenvalue weighted by Gasteiger charge is -2.35. The van der Waals surface area contributed by atoms with Gasteiger partial charge in [0.05, 0.1) is 17.9 Å². The molecule has 158 valence electrons. The SMILES string of the molecule is O=C(CN1CCN(C(=O)Nc2ccccc2N2CCCCC2)CC1)N1CCCC1. The molecule has 1 aromatic rings. The van der Waals surface area contributed by atoms with Crippen molar-refractivity contribution in [1.82, 2.24) is 14.7 Å². The Labute approximate surface area is 173 Å². The number of carbonyl (C=O) groups excluding carboxylic acids is 2. The maximum absolute atomic E-state index is 12.8. The Bertz CT molecular complexity index is 705. The fourth-order valence-corrected chi connectivity index (χ4v) is 4.55. The summed E-state index contributed by atoms with van der Waals surface area (Å²) < 4.78 is 0. The number of piperazine rings is 1. The molecule has 29 heavy (non-hydrogen) atoms. The number of anilines is 2. The second-order valence-corrected chi connectivity index (χ2v) is 8.35. The highest BCUT2D eigenvalue weighted by Crippen LogP contribution is 2.28. The molecule has 1 N–H and O–H groups in total. The molecule has 3 aliphatic rings. The minimum Gasteiger partial charge on any atom is -0.370 e. The molecule has 0 bridgehead atoms. The number of urea groups is 1. The summed E-state index contributed by atoms with van der Waals surface area (Å²) in [5, 5.41) is 3.13. The average molecular weight is 400 g/mol. The van der Waals surface area contributed by atoms with E-state index in [2.05, 4.69) is 21.2 Å². The Kier molecular flexibility index (Phi) is 6.54. The molecule has 4 rings (SSSR count). The number of piperidine rings is 1. The summed E-state index contributed by atoms with van der Waals surface area (Å²) in [6.45, 7) is 7.20. The number of benzene rings is 1. The van der Waals surface area contributed by atoms with E-state index in [1.165, 1.54) is 19.3 Å². The highest BCUT2D eigenvalue weighted by Gasteiger charge is 2.26. The van der Waals surface area contributed by atoms with Gasteiger partial charge in [-0.3, -0.25) is 9.69 Å². The molecule has 7 nitrogen and oxygen atoms in total. The fraction of sp³-hybridized carbons (Fsp3) is 0.636. The number of hydrogen-bond acceptors (Lipinski definition) is 4. The van der Waals surface area contributed by atoms with E-state index in [9.17, 15) is 9.59 Å². The fourth-order valence-electron chi connectivity index (χ4n) is 4.55. The van der Waals surface area contributed by atoms with Crippen LogP contribution in [0.15, 0.2) is 24.3 Å². The van der Waals surface area contributed by atoms with E-state index in [1.807, 2.05) is 28.0 Å². The van der Waals surface area contributed by atoms with Crippen molar-refractivity contribution in [3.63, 3.8) is 0 Å². The second-order valence-electron chi connectivity index (χ2n) is 8.35. The highest BCUT2D eigenvalue weighted by molar-refractivity contribution is 5.93. The standard InChI is InChI=1S/C22H33N5O2/c28-21(26-12-6-7-13-26)18-24-14-16-27(17-15-24)22(29)23-19-8-2-3-9-20(19)25-10-4-1-5-11-25/h2-3,8-9H,1,4-7,10-18H2,(H,23,29). The molecule has 3 fully saturated rings. The van der Waals surface area contributed by atoms with Crippen molar-refractivity contribution in [1.29, 1.82) is 0 Å². The molecule has 0 aliphatic carbocycles. The van der Waals surface area contributed by atoms with E-state index < -0.39 is 0 Å². The second kappa shape index (κ2) is 9.48. The molecule has 3 saturated heterocycles. The van der Waals surface area contributed by atoms with Gasteiger partial charge < -0.3 is 20.0 Å². The molecule has 7 heteroatoms. The number of carbonyl (C=O) groups is 2. The van der Waals surface area contributed by atoms with Crippen LogP contribution in [0.4, 0.5) is 16.2 Å². The average Bonchev–Trinajstić information content (AvgIpc) is 3.30. The van der Waals surface area contributed by atoms with E-state index in [0.29, 0.717) is 19.6 Å². The van der Waals surface area contributed by atoms with Crippen molar-refractivity contribution in [3.05, 3.63) is 24.3 Å². The Balaban J connectivity index is 1.28. The van der Waals surface area contributed by atoms with Gasteiger partial charge in [0.15, 0.2) is 0 Å². The Morgan fingerprint density at radius 3 is 2.14 bits per heavy atom. The minimum atomic E-state index is -0.0417. The van der Waals surface area contributed by atoms with Crippen LogP contribution in [-0.2, 0) is 4.79 Å². The van der Waals surface area contributed by atoms with Crippen LogP contribution in [0.5, 0.6) is 0 Å². The first-order chi connectivity index (χ1) is 14.2. The monoisotopic (exact) mass is 399 g/mol. The normalized spacial score (nSPS) is 20.8. The van der Waals surface area contributed by atoms with E-state index in [-0.39, 0.29) is 11.9 Å². The Morgan fingerprint density at radius 2 is 1.41 bits per heavy atom. The molecule has 0 atom stereocenters. The first kappa shape index (κ1) is 20.0. The molecule has 0 aromatic heterocycles. The van der Waals surface area contributed by atoms with Crippen molar-refractivity contribution in [2.24, 2.45) is 0 Å². The third kappa shape index (κ3) is 5.01. The summed E-state index contributed by atoms with van der Waals surface area (Å²) in [5.41, 5.74) is 2.02. The van der Waals surface area contributed by atoms with Gasteiger partial charge in [-0.15, -0.1) is 0 Å². The Hall–Kier alpha value is -2.28. The lowest BCUT2D eigenvalue weighted by atomic mass is 10.1. The molecule has 3 heterocycles. The molecule has 3 amide bonds. The lowest BCUT2D eigenvalue weighted by Crippen LogP contribution is -2.52. The topological polar surface area (TPSA) is 59.1 Å². The van der Waals surface area contributed by atoms with Crippen LogP contribution in [0.3, 0.4) is 0 Å². The molecule has 0 saturated carbocycles. The van der Waals surface area contributed by atoms with E-state index >= 15 is 0 Å². The van der Waals surface area contributed by atoms with Crippen molar-refractivity contribution in [2.45, 2.75) is 32.1 Å². The number of nitrogens with zero attached hydrogens (tertiary/aromatic N) is 4. The predicted molar refractivity (Wildman–Crippen MR) is 115 cm³/mol. The van der Waals surface area contributed by atoms with Gasteiger partial charge in [-0.2, -0.15) is 0 Å². The van der Waals surface area contributed by atoms with Gasteiger partial charge >= 0.3 is 6.03 Å². The van der Waals surface area contributed by atoms with Crippen molar-refractivity contribution < 1.29 is 9.59 Å². The summed E-state index contributed by atoms with van der Waals surface area (Å²) in [6, 6.07) is 8.07. The zero-order valence-corrected chi connectivity index (χ0v) is 17.3. The van der Waals surface area contributed by atoms with Crippen molar-refractivity contribution in [3.8, 4) is 0 Å². The number of para-hydroxylation sites is 2. The number of nitrogens with one attached hydrogen (secondary N) is 1. The molecular formula is C22H33N5O2.